The smallest absolute Gasteiger partial charge is 0.163 e. The van der Waals surface area contributed by atoms with Crippen LogP contribution in [0.25, 0.3) is 21.9 Å². The lowest BCUT2D eigenvalue weighted by Crippen LogP contribution is -2.32. The summed E-state index contributed by atoms with van der Waals surface area (Å²) in [5, 5.41) is 5.94. The van der Waals surface area contributed by atoms with E-state index in [1.165, 1.54) is 11.9 Å². The largest absolute Gasteiger partial charge is 0.497 e. The lowest BCUT2D eigenvalue weighted by Gasteiger charge is -2.24. The predicted molar refractivity (Wildman–Crippen MR) is 174 cm³/mol. The summed E-state index contributed by atoms with van der Waals surface area (Å²) in [5.41, 5.74) is 4.32. The molecule has 1 aliphatic heterocycles. The molecular weight excluding hydrogens is 642 g/mol. The topological polar surface area (TPSA) is 83.3 Å². The van der Waals surface area contributed by atoms with Crippen molar-refractivity contribution < 1.29 is 14.2 Å². The first-order chi connectivity index (χ1) is 21.2. The molecule has 8 nitrogen and oxygen atoms in total. The third-order valence-corrected chi connectivity index (χ3v) is 10.6. The van der Waals surface area contributed by atoms with Gasteiger partial charge in [0, 0.05) is 23.5 Å². The Morgan fingerprint density at radius 2 is 1.89 bits per heavy atom. The molecule has 3 aromatic heterocycles. The van der Waals surface area contributed by atoms with Crippen LogP contribution in [0.3, 0.4) is 0 Å². The third kappa shape index (κ3) is 4.67. The maximum absolute atomic E-state index is 6.63. The van der Waals surface area contributed by atoms with Crippen molar-refractivity contribution in [2.45, 2.75) is 63.7 Å². The summed E-state index contributed by atoms with van der Waals surface area (Å²) >= 11 is 10.1. The van der Waals surface area contributed by atoms with E-state index in [0.29, 0.717) is 17.6 Å². The molecule has 0 bridgehead atoms. The number of aromatic nitrogens is 4. The fourth-order valence-corrected chi connectivity index (χ4v) is 8.25. The van der Waals surface area contributed by atoms with Gasteiger partial charge in [0.1, 0.15) is 34.8 Å². The Morgan fingerprint density at radius 3 is 2.70 bits per heavy atom. The van der Waals surface area contributed by atoms with Crippen molar-refractivity contribution in [1.82, 2.24) is 19.5 Å². The second-order valence-corrected chi connectivity index (χ2v) is 13.9. The zero-order chi connectivity index (χ0) is 30.2. The van der Waals surface area contributed by atoms with Gasteiger partial charge in [-0.25, -0.2) is 15.0 Å². The second-order valence-electron chi connectivity index (χ2n) is 12.7. The molecule has 3 fully saturated rings. The lowest BCUT2D eigenvalue weighted by molar-refractivity contribution is -0.161. The molecule has 10 heteroatoms. The van der Waals surface area contributed by atoms with Gasteiger partial charge in [-0.1, -0.05) is 35.9 Å². The van der Waals surface area contributed by atoms with Crippen LogP contribution in [0.5, 0.6) is 5.75 Å². The number of aryl methyl sites for hydroxylation is 1. The quantitative estimate of drug-likeness (QED) is 0.169. The van der Waals surface area contributed by atoms with Crippen LogP contribution >= 0.6 is 27.5 Å². The Labute approximate surface area is 269 Å². The number of hydrogen-bond acceptors (Lipinski definition) is 7. The van der Waals surface area contributed by atoms with E-state index in [1.54, 1.807) is 7.11 Å². The number of nitrogens with zero attached hydrogens (tertiary/aromatic N) is 4. The van der Waals surface area contributed by atoms with Gasteiger partial charge in [0.15, 0.2) is 5.79 Å². The van der Waals surface area contributed by atoms with Crippen molar-refractivity contribution in [3.05, 3.63) is 87.9 Å². The average Bonchev–Trinajstić information content (AvgIpc) is 3.26. The van der Waals surface area contributed by atoms with E-state index in [1.807, 2.05) is 32.0 Å². The van der Waals surface area contributed by atoms with Gasteiger partial charge in [0.2, 0.25) is 0 Å². The average molecular weight is 675 g/mol. The van der Waals surface area contributed by atoms with E-state index in [2.05, 4.69) is 78.4 Å². The van der Waals surface area contributed by atoms with Gasteiger partial charge in [-0.15, -0.1) is 0 Å². The van der Waals surface area contributed by atoms with Crippen LogP contribution in [0.1, 0.15) is 43.9 Å². The van der Waals surface area contributed by atoms with Crippen molar-refractivity contribution >= 4 is 55.3 Å². The van der Waals surface area contributed by atoms with E-state index < -0.39 is 5.79 Å². The number of benzene rings is 2. The van der Waals surface area contributed by atoms with Crippen molar-refractivity contribution in [3.63, 3.8) is 0 Å². The number of rotatable bonds is 8. The first-order valence-corrected chi connectivity index (χ1v) is 16.2. The Balaban J connectivity index is 1.03. The molecule has 3 aliphatic rings. The molecule has 0 unspecified atom stereocenters. The molecule has 226 valence electrons. The van der Waals surface area contributed by atoms with E-state index in [0.717, 1.165) is 62.8 Å². The molecule has 4 heterocycles. The highest BCUT2D eigenvalue weighted by molar-refractivity contribution is 9.10. The summed E-state index contributed by atoms with van der Waals surface area (Å²) in [6.45, 7) is 4.71. The molecule has 0 spiro atoms. The van der Waals surface area contributed by atoms with E-state index in [-0.39, 0.29) is 23.7 Å². The summed E-state index contributed by atoms with van der Waals surface area (Å²) in [5.74, 6) is 1.50. The van der Waals surface area contributed by atoms with Gasteiger partial charge >= 0.3 is 0 Å². The molecule has 5 aromatic rings. The summed E-state index contributed by atoms with van der Waals surface area (Å²) < 4.78 is 21.7. The normalized spacial score (nSPS) is 26.6. The minimum atomic E-state index is -0.626. The van der Waals surface area contributed by atoms with Crippen LogP contribution in [0.15, 0.2) is 71.6 Å². The minimum absolute atomic E-state index is 0.0329. The monoisotopic (exact) mass is 673 g/mol. The van der Waals surface area contributed by atoms with Gasteiger partial charge in [0.05, 0.1) is 34.6 Å². The van der Waals surface area contributed by atoms with Gasteiger partial charge in [-0.3, -0.25) is 0 Å². The molecular formula is C34H33BrClN5O3. The zero-order valence-electron chi connectivity index (χ0n) is 24.8. The Morgan fingerprint density at radius 1 is 1.07 bits per heavy atom. The second kappa shape index (κ2) is 10.4. The molecule has 0 radical (unpaired) electrons. The van der Waals surface area contributed by atoms with Crippen molar-refractivity contribution in [1.29, 1.82) is 0 Å². The molecule has 2 aromatic carbocycles. The summed E-state index contributed by atoms with van der Waals surface area (Å²) in [7, 11) is 1.68. The molecule has 0 amide bonds. The SMILES string of the molecule is COc1ccc(CNc2nc3cc(CC[C@]45C[C@@H]4[C@@H](n4ccc6c(Cl)ncnc64)[C@@H]4OC(C)(C)O[C@@H]45)ccc3cc2Br)cc1. The zero-order valence-corrected chi connectivity index (χ0v) is 27.1. The summed E-state index contributed by atoms with van der Waals surface area (Å²) in [6.07, 6.45) is 6.69. The summed E-state index contributed by atoms with van der Waals surface area (Å²) in [4.78, 5) is 13.8. The number of methoxy groups -OCH3 is 1. The van der Waals surface area contributed by atoms with Crippen molar-refractivity contribution in [2.24, 2.45) is 11.3 Å². The van der Waals surface area contributed by atoms with E-state index in [4.69, 9.17) is 30.8 Å². The molecule has 1 N–H and O–H groups in total. The number of hydrogen-bond donors (Lipinski definition) is 1. The van der Waals surface area contributed by atoms with Crippen LogP contribution in [-0.4, -0.2) is 44.6 Å². The van der Waals surface area contributed by atoms with Crippen LogP contribution < -0.4 is 10.1 Å². The lowest BCUT2D eigenvalue weighted by atomic mass is 9.91. The fraction of sp³-hybridized carbons (Fsp3) is 0.382. The number of fused-ring (bicyclic) bond motifs is 5. The van der Waals surface area contributed by atoms with Crippen LogP contribution in [-0.2, 0) is 22.4 Å². The first kappa shape index (κ1) is 28.2. The summed E-state index contributed by atoms with van der Waals surface area (Å²) in [6, 6.07) is 19.0. The molecule has 1 saturated heterocycles. The molecule has 44 heavy (non-hydrogen) atoms. The number of nitrogens with one attached hydrogen (secondary N) is 1. The third-order valence-electron chi connectivity index (χ3n) is 9.74. The van der Waals surface area contributed by atoms with Crippen molar-refractivity contribution in [3.8, 4) is 5.75 Å². The first-order valence-electron chi connectivity index (χ1n) is 15.0. The van der Waals surface area contributed by atoms with E-state index in [9.17, 15) is 0 Å². The Bertz CT molecular complexity index is 1900. The molecule has 8 rings (SSSR count). The highest BCUT2D eigenvalue weighted by Crippen LogP contribution is 2.73. The maximum Gasteiger partial charge on any atom is 0.163 e. The van der Waals surface area contributed by atoms with E-state index >= 15 is 0 Å². The van der Waals surface area contributed by atoms with Gasteiger partial charge < -0.3 is 24.1 Å². The Hall–Kier alpha value is -3.24. The fourth-order valence-electron chi connectivity index (χ4n) is 7.59. The highest BCUT2D eigenvalue weighted by Gasteiger charge is 2.75. The number of anilines is 1. The Kier molecular flexibility index (Phi) is 6.68. The standard InChI is InChI=1S/C34H33BrClN5O3/c1-33(2)43-28-27(41-13-11-23-30(36)38-18-39-32(23)41)24-16-34(24,29(28)44-33)12-10-19-4-7-21-15-25(35)31(40-26(21)14-19)37-17-20-5-8-22(42-3)9-6-20/h4-9,11,13-15,18,24,27-29H,10,12,16-17H2,1-3H3,(H,37,40)/t24-,27-,28+,29+,34+/m1/s1. The number of halogens is 2. The molecule has 2 aliphatic carbocycles. The van der Waals surface area contributed by atoms with Crippen LogP contribution in [0, 0.1) is 11.3 Å². The van der Waals surface area contributed by atoms with Crippen LogP contribution in [0.2, 0.25) is 5.15 Å². The highest BCUT2D eigenvalue weighted by atomic mass is 79.9. The van der Waals surface area contributed by atoms with Gasteiger partial charge in [0.25, 0.3) is 0 Å². The van der Waals surface area contributed by atoms with Gasteiger partial charge in [-0.2, -0.15) is 0 Å². The van der Waals surface area contributed by atoms with Crippen LogP contribution in [0.4, 0.5) is 5.82 Å². The number of ether oxygens (including phenoxy) is 3. The number of pyridine rings is 1. The minimum Gasteiger partial charge on any atom is -0.497 e. The van der Waals surface area contributed by atoms with Crippen molar-refractivity contribution in [2.75, 3.05) is 12.4 Å². The van der Waals surface area contributed by atoms with Gasteiger partial charge in [-0.05, 0) is 96.4 Å². The molecule has 5 atom stereocenters. The molecule has 2 saturated carbocycles. The maximum atomic E-state index is 6.63. The predicted octanol–water partition coefficient (Wildman–Crippen LogP) is 7.73.